The van der Waals surface area contributed by atoms with Crippen LogP contribution in [0.3, 0.4) is 0 Å². The van der Waals surface area contributed by atoms with Crippen molar-refractivity contribution < 1.29 is 74.4 Å². The second-order valence-corrected chi connectivity index (χ2v) is 10.1. The van der Waals surface area contributed by atoms with Crippen LogP contribution < -0.4 is 10.2 Å². The van der Waals surface area contributed by atoms with E-state index < -0.39 is 97.3 Å². The molecule has 43 heavy (non-hydrogen) atoms. The molecule has 234 valence electrons. The number of aromatic hydroxyl groups is 3. The first-order valence-corrected chi connectivity index (χ1v) is 13.0. The molecule has 0 amide bonds. The summed E-state index contributed by atoms with van der Waals surface area (Å²) in [5, 5.41) is 99.8. The molecule has 3 heterocycles. The molecule has 2 aliphatic heterocycles. The molecule has 10 atom stereocenters. The number of aliphatic hydroxyl groups is 7. The van der Waals surface area contributed by atoms with Gasteiger partial charge in [0.25, 0.3) is 0 Å². The van der Waals surface area contributed by atoms with Gasteiger partial charge in [-0.25, -0.2) is 0 Å². The Hall–Kier alpha value is -3.55. The third-order valence-corrected chi connectivity index (χ3v) is 7.35. The molecular weight excluding hydrogens is 580 g/mol. The number of hydrogen-bond acceptors (Lipinski definition) is 16. The van der Waals surface area contributed by atoms with Crippen LogP contribution in [0, 0.1) is 0 Å². The Morgan fingerprint density at radius 3 is 2.00 bits per heavy atom. The maximum absolute atomic E-state index is 13.0. The molecule has 2 fully saturated rings. The van der Waals surface area contributed by atoms with Crippen molar-refractivity contribution in [3.8, 4) is 34.1 Å². The molecule has 2 saturated heterocycles. The molecule has 0 spiro atoms. The highest BCUT2D eigenvalue weighted by molar-refractivity contribution is 5.90. The molecule has 1 aromatic heterocycles. The Balaban J connectivity index is 1.29. The zero-order valence-corrected chi connectivity index (χ0v) is 22.1. The molecule has 3 aromatic rings. The van der Waals surface area contributed by atoms with Crippen molar-refractivity contribution in [3.05, 3.63) is 46.8 Å². The zero-order valence-electron chi connectivity index (χ0n) is 22.1. The molecule has 0 bridgehead atoms. The number of phenols is 3. The van der Waals surface area contributed by atoms with E-state index in [1.165, 1.54) is 24.3 Å². The molecule has 2 aromatic carbocycles. The first kappa shape index (κ1) is 30.9. The molecule has 16 heteroatoms. The quantitative estimate of drug-likeness (QED) is 0.125. The SMILES string of the molecule is O=c1c(-c2ccc(O[C@@H]3O[C@H](CO[C@@H]4O[C@H](CO)[C@@H](O)[C@H](O)[C@H]4O)[C@@H](O)[C@H](O)[C@H]3O)cc2)coc2cc(O)c(O)c(O)c12. The summed E-state index contributed by atoms with van der Waals surface area (Å²) in [6.45, 7) is -1.22. The van der Waals surface area contributed by atoms with Crippen molar-refractivity contribution in [2.24, 2.45) is 0 Å². The van der Waals surface area contributed by atoms with Crippen LogP contribution in [0.4, 0.5) is 0 Å². The van der Waals surface area contributed by atoms with Gasteiger partial charge in [0.2, 0.25) is 17.5 Å². The minimum absolute atomic E-state index is 0.00246. The molecule has 0 unspecified atom stereocenters. The van der Waals surface area contributed by atoms with Crippen LogP contribution in [-0.4, -0.2) is 126 Å². The fourth-order valence-electron chi connectivity index (χ4n) is 4.84. The highest BCUT2D eigenvalue weighted by Gasteiger charge is 2.47. The summed E-state index contributed by atoms with van der Waals surface area (Å²) < 4.78 is 27.2. The predicted octanol–water partition coefficient (Wildman–Crippen LogP) is -2.42. The number of phenolic OH excluding ortho intramolecular Hbond substituents is 3. The lowest BCUT2D eigenvalue weighted by atomic mass is 9.98. The van der Waals surface area contributed by atoms with Crippen LogP contribution in [0.2, 0.25) is 0 Å². The van der Waals surface area contributed by atoms with Crippen LogP contribution in [-0.2, 0) is 14.2 Å². The summed E-state index contributed by atoms with van der Waals surface area (Å²) in [5.41, 5.74) is -0.553. The average Bonchev–Trinajstić information content (AvgIpc) is 2.99. The van der Waals surface area contributed by atoms with E-state index in [0.717, 1.165) is 12.3 Å². The summed E-state index contributed by atoms with van der Waals surface area (Å²) in [4.78, 5) is 13.0. The summed E-state index contributed by atoms with van der Waals surface area (Å²) in [7, 11) is 0. The van der Waals surface area contributed by atoms with E-state index in [4.69, 9.17) is 23.4 Å². The minimum atomic E-state index is -1.76. The lowest BCUT2D eigenvalue weighted by Crippen LogP contribution is -2.62. The Morgan fingerprint density at radius 1 is 0.744 bits per heavy atom. The lowest BCUT2D eigenvalue weighted by molar-refractivity contribution is -0.323. The minimum Gasteiger partial charge on any atom is -0.504 e. The van der Waals surface area contributed by atoms with Gasteiger partial charge in [0.15, 0.2) is 17.8 Å². The summed E-state index contributed by atoms with van der Waals surface area (Å²) in [5.74, 6) is -2.30. The summed E-state index contributed by atoms with van der Waals surface area (Å²) in [6, 6.07) is 6.63. The Bertz CT molecular complexity index is 1490. The maximum Gasteiger partial charge on any atom is 0.229 e. The molecule has 16 nitrogen and oxygen atoms in total. The number of hydrogen-bond donors (Lipinski definition) is 10. The van der Waals surface area contributed by atoms with Crippen molar-refractivity contribution in [3.63, 3.8) is 0 Å². The van der Waals surface area contributed by atoms with E-state index in [1.807, 2.05) is 0 Å². The van der Waals surface area contributed by atoms with E-state index in [9.17, 15) is 55.9 Å². The number of aliphatic hydroxyl groups excluding tert-OH is 7. The number of fused-ring (bicyclic) bond motifs is 1. The molecule has 0 radical (unpaired) electrons. The Kier molecular flexibility index (Phi) is 8.77. The molecule has 0 saturated carbocycles. The normalized spacial score (nSPS) is 33.0. The van der Waals surface area contributed by atoms with Gasteiger partial charge in [-0.1, -0.05) is 12.1 Å². The van der Waals surface area contributed by atoms with Gasteiger partial charge in [0.1, 0.15) is 71.8 Å². The first-order chi connectivity index (χ1) is 20.4. The third kappa shape index (κ3) is 5.73. The van der Waals surface area contributed by atoms with E-state index in [1.54, 1.807) is 0 Å². The van der Waals surface area contributed by atoms with Gasteiger partial charge in [0.05, 0.1) is 18.8 Å². The average molecular weight is 611 g/mol. The monoisotopic (exact) mass is 610 g/mol. The smallest absolute Gasteiger partial charge is 0.229 e. The molecular formula is C27H30O16. The second kappa shape index (κ2) is 12.2. The summed E-state index contributed by atoms with van der Waals surface area (Å²) >= 11 is 0. The van der Waals surface area contributed by atoms with Gasteiger partial charge in [-0.15, -0.1) is 0 Å². The fourth-order valence-corrected chi connectivity index (χ4v) is 4.84. The molecule has 2 aliphatic rings. The fraction of sp³-hybridized carbons (Fsp3) is 0.444. The van der Waals surface area contributed by atoms with Crippen molar-refractivity contribution >= 4 is 11.0 Å². The van der Waals surface area contributed by atoms with Crippen LogP contribution in [0.1, 0.15) is 0 Å². The highest BCUT2D eigenvalue weighted by atomic mass is 16.7. The maximum atomic E-state index is 13.0. The van der Waals surface area contributed by atoms with Gasteiger partial charge in [-0.2, -0.15) is 0 Å². The topological polar surface area (TPSA) is 269 Å². The molecule has 10 N–H and O–H groups in total. The first-order valence-electron chi connectivity index (χ1n) is 13.0. The molecule has 0 aliphatic carbocycles. The van der Waals surface area contributed by atoms with Gasteiger partial charge in [-0.05, 0) is 17.7 Å². The van der Waals surface area contributed by atoms with E-state index in [0.29, 0.717) is 5.56 Å². The van der Waals surface area contributed by atoms with Crippen molar-refractivity contribution in [2.45, 2.75) is 61.4 Å². The van der Waals surface area contributed by atoms with Crippen LogP contribution in [0.5, 0.6) is 23.0 Å². The highest BCUT2D eigenvalue weighted by Crippen LogP contribution is 2.40. The Morgan fingerprint density at radius 2 is 1.35 bits per heavy atom. The van der Waals surface area contributed by atoms with Crippen molar-refractivity contribution in [1.82, 2.24) is 0 Å². The number of ether oxygens (including phenoxy) is 4. The lowest BCUT2D eigenvalue weighted by Gasteiger charge is -2.42. The molecule has 5 rings (SSSR count). The number of rotatable bonds is 7. The van der Waals surface area contributed by atoms with Gasteiger partial charge < -0.3 is 74.4 Å². The van der Waals surface area contributed by atoms with E-state index in [2.05, 4.69) is 0 Å². The standard InChI is InChI=1S/C27H30O16/c28-6-14-19(32)22(35)24(37)26(42-14)40-8-15-20(33)23(36)25(38)27(43-15)41-10-3-1-9(2-4-10)11-7-39-13-5-12(29)18(31)21(34)16(13)17(11)30/h1-5,7,14-15,19-20,22-29,31-38H,6,8H2/t14-,15-,19-,20-,22+,23+,24-,25-,26-,27-/m1/s1. The van der Waals surface area contributed by atoms with Crippen molar-refractivity contribution in [1.29, 1.82) is 0 Å². The van der Waals surface area contributed by atoms with E-state index in [-0.39, 0.29) is 22.3 Å². The Labute approximate surface area is 241 Å². The van der Waals surface area contributed by atoms with Gasteiger partial charge in [0, 0.05) is 6.07 Å². The summed E-state index contributed by atoms with van der Waals surface area (Å²) in [6.07, 6.45) is -14.7. The van der Waals surface area contributed by atoms with Crippen LogP contribution in [0.25, 0.3) is 22.1 Å². The van der Waals surface area contributed by atoms with Crippen LogP contribution >= 0.6 is 0 Å². The van der Waals surface area contributed by atoms with Gasteiger partial charge in [-0.3, -0.25) is 4.79 Å². The predicted molar refractivity (Wildman–Crippen MR) is 140 cm³/mol. The second-order valence-electron chi connectivity index (χ2n) is 10.1. The van der Waals surface area contributed by atoms with Crippen LogP contribution in [0.15, 0.2) is 45.8 Å². The largest absolute Gasteiger partial charge is 0.504 e. The number of benzene rings is 2. The van der Waals surface area contributed by atoms with Crippen molar-refractivity contribution in [2.75, 3.05) is 13.2 Å². The third-order valence-electron chi connectivity index (χ3n) is 7.35. The van der Waals surface area contributed by atoms with E-state index >= 15 is 0 Å². The van der Waals surface area contributed by atoms with Gasteiger partial charge >= 0.3 is 0 Å². The zero-order chi connectivity index (χ0) is 31.2.